The Labute approximate surface area is 175 Å². The van der Waals surface area contributed by atoms with Gasteiger partial charge in [0.25, 0.3) is 0 Å². The van der Waals surface area contributed by atoms with Gasteiger partial charge in [-0.2, -0.15) is 0 Å². The normalized spacial score (nSPS) is 16.4. The van der Waals surface area contributed by atoms with Gasteiger partial charge >= 0.3 is 0 Å². The zero-order chi connectivity index (χ0) is 20.6. The fourth-order valence-corrected chi connectivity index (χ4v) is 4.59. The molecule has 0 spiro atoms. The first-order valence-corrected chi connectivity index (χ1v) is 10.7. The summed E-state index contributed by atoms with van der Waals surface area (Å²) < 4.78 is 5.53. The number of fused-ring (bicyclic) bond motifs is 2. The van der Waals surface area contributed by atoms with Crippen molar-refractivity contribution in [1.82, 2.24) is 9.97 Å². The van der Waals surface area contributed by atoms with Gasteiger partial charge in [-0.3, -0.25) is 4.79 Å². The highest BCUT2D eigenvalue weighted by Gasteiger charge is 2.38. The Morgan fingerprint density at radius 3 is 2.83 bits per heavy atom. The number of likely N-dealkylation sites (N-methyl/N-ethyl adjacent to an activating group) is 1. The standard InChI is InChI=1S/C23H25N3O2S/c1-5-28-16-10-11-18-19(13-16)25-22(24-18)29-14-15(27)12-21-23(2,3)17-8-6-7-9-20(17)26(21)4/h6-13H,5,14H2,1-4H3,(H,24,25). The van der Waals surface area contributed by atoms with Crippen LogP contribution in [0.1, 0.15) is 26.3 Å². The van der Waals surface area contributed by atoms with Crippen molar-refractivity contribution in [3.63, 3.8) is 0 Å². The van der Waals surface area contributed by atoms with Crippen LogP contribution in [0.15, 0.2) is 59.4 Å². The number of benzene rings is 2. The number of para-hydroxylation sites is 1. The Bertz CT molecular complexity index is 1100. The molecule has 1 aliphatic heterocycles. The lowest BCUT2D eigenvalue weighted by Crippen LogP contribution is -2.24. The molecule has 2 heterocycles. The number of nitrogens with one attached hydrogen (secondary N) is 1. The zero-order valence-electron chi connectivity index (χ0n) is 17.2. The fourth-order valence-electron chi connectivity index (χ4n) is 3.88. The van der Waals surface area contributed by atoms with Gasteiger partial charge in [0.1, 0.15) is 5.75 Å². The average molecular weight is 408 g/mol. The second-order valence-corrected chi connectivity index (χ2v) is 8.60. The summed E-state index contributed by atoms with van der Waals surface area (Å²) in [5, 5.41) is 0.739. The molecule has 0 atom stereocenters. The maximum Gasteiger partial charge on any atom is 0.167 e. The zero-order valence-corrected chi connectivity index (χ0v) is 18.0. The van der Waals surface area contributed by atoms with Crippen molar-refractivity contribution in [2.45, 2.75) is 31.3 Å². The van der Waals surface area contributed by atoms with Gasteiger partial charge in [0.15, 0.2) is 10.9 Å². The smallest absolute Gasteiger partial charge is 0.167 e. The number of hydrogen-bond acceptors (Lipinski definition) is 5. The summed E-state index contributed by atoms with van der Waals surface area (Å²) in [6.07, 6.45) is 1.78. The number of thioether (sulfide) groups is 1. The van der Waals surface area contributed by atoms with E-state index in [4.69, 9.17) is 4.74 Å². The van der Waals surface area contributed by atoms with E-state index in [0.717, 1.165) is 33.3 Å². The summed E-state index contributed by atoms with van der Waals surface area (Å²) in [5.74, 6) is 1.22. The maximum absolute atomic E-state index is 12.7. The topological polar surface area (TPSA) is 58.2 Å². The molecule has 5 nitrogen and oxygen atoms in total. The van der Waals surface area contributed by atoms with Gasteiger partial charge in [0.05, 0.1) is 23.4 Å². The van der Waals surface area contributed by atoms with E-state index in [1.54, 1.807) is 6.08 Å². The molecule has 0 unspecified atom stereocenters. The third-order valence-corrected chi connectivity index (χ3v) is 6.23. The van der Waals surface area contributed by atoms with Crippen LogP contribution in [0.2, 0.25) is 0 Å². The van der Waals surface area contributed by atoms with Crippen molar-refractivity contribution in [2.75, 3.05) is 24.3 Å². The number of allylic oxidation sites excluding steroid dienone is 2. The molecular formula is C23H25N3O2S. The molecule has 0 bridgehead atoms. The van der Waals surface area contributed by atoms with E-state index in [1.807, 2.05) is 44.3 Å². The van der Waals surface area contributed by atoms with Crippen LogP contribution in [0, 0.1) is 0 Å². The van der Waals surface area contributed by atoms with E-state index in [2.05, 4.69) is 40.8 Å². The van der Waals surface area contributed by atoms with Crippen LogP contribution >= 0.6 is 11.8 Å². The summed E-state index contributed by atoms with van der Waals surface area (Å²) in [6.45, 7) is 6.91. The summed E-state index contributed by atoms with van der Waals surface area (Å²) in [5.41, 5.74) is 5.02. The first-order valence-electron chi connectivity index (χ1n) is 9.73. The minimum Gasteiger partial charge on any atom is -0.494 e. The summed E-state index contributed by atoms with van der Waals surface area (Å²) in [7, 11) is 2.02. The molecule has 150 valence electrons. The molecule has 0 saturated carbocycles. The third-order valence-electron chi connectivity index (χ3n) is 5.33. The number of nitrogens with zero attached hydrogens (tertiary/aromatic N) is 2. The number of imidazole rings is 1. The number of carbonyl (C=O) groups excluding carboxylic acids is 1. The molecule has 1 aromatic heterocycles. The summed E-state index contributed by atoms with van der Waals surface area (Å²) >= 11 is 1.42. The van der Waals surface area contributed by atoms with Crippen LogP contribution in [0.3, 0.4) is 0 Å². The highest BCUT2D eigenvalue weighted by atomic mass is 32.2. The Hall–Kier alpha value is -2.73. The van der Waals surface area contributed by atoms with Crippen molar-refractivity contribution >= 4 is 34.3 Å². The monoisotopic (exact) mass is 407 g/mol. The number of hydrogen-bond donors (Lipinski definition) is 1. The van der Waals surface area contributed by atoms with E-state index in [-0.39, 0.29) is 11.2 Å². The Morgan fingerprint density at radius 2 is 2.07 bits per heavy atom. The van der Waals surface area contributed by atoms with Crippen LogP contribution in [0.25, 0.3) is 11.0 Å². The molecule has 0 aliphatic carbocycles. The molecule has 1 aliphatic rings. The second kappa shape index (κ2) is 7.59. The second-order valence-electron chi connectivity index (χ2n) is 7.64. The molecule has 29 heavy (non-hydrogen) atoms. The van der Waals surface area contributed by atoms with Gasteiger partial charge in [-0.1, -0.05) is 43.8 Å². The predicted molar refractivity (Wildman–Crippen MR) is 119 cm³/mol. The first-order chi connectivity index (χ1) is 13.9. The van der Waals surface area contributed by atoms with Gasteiger partial charge in [-0.15, -0.1) is 0 Å². The molecule has 1 N–H and O–H groups in total. The lowest BCUT2D eigenvalue weighted by molar-refractivity contribution is -0.112. The van der Waals surface area contributed by atoms with E-state index in [9.17, 15) is 4.79 Å². The number of anilines is 1. The maximum atomic E-state index is 12.7. The minimum atomic E-state index is -0.194. The largest absolute Gasteiger partial charge is 0.494 e. The highest BCUT2D eigenvalue weighted by molar-refractivity contribution is 7.99. The van der Waals surface area contributed by atoms with E-state index in [1.165, 1.54) is 17.3 Å². The highest BCUT2D eigenvalue weighted by Crippen LogP contribution is 2.46. The minimum absolute atomic E-state index is 0.0770. The molecule has 0 fully saturated rings. The average Bonchev–Trinajstić information content (AvgIpc) is 3.19. The van der Waals surface area contributed by atoms with Gasteiger partial charge in [0, 0.05) is 36.0 Å². The van der Waals surface area contributed by atoms with Crippen molar-refractivity contribution in [3.8, 4) is 5.75 Å². The van der Waals surface area contributed by atoms with Gasteiger partial charge in [0.2, 0.25) is 0 Å². The fraction of sp³-hybridized carbons (Fsp3) is 0.304. The van der Waals surface area contributed by atoms with E-state index in [0.29, 0.717) is 12.4 Å². The quantitative estimate of drug-likeness (QED) is 0.464. The lowest BCUT2D eigenvalue weighted by Gasteiger charge is -2.23. The van der Waals surface area contributed by atoms with Crippen molar-refractivity contribution in [1.29, 1.82) is 0 Å². The molecule has 3 aromatic rings. The predicted octanol–water partition coefficient (Wildman–Crippen LogP) is 4.93. The number of H-pyrrole nitrogens is 1. The van der Waals surface area contributed by atoms with Crippen molar-refractivity contribution in [3.05, 3.63) is 59.8 Å². The molecule has 0 saturated heterocycles. The SMILES string of the molecule is CCOc1ccc2nc(SCC(=O)C=C3N(C)c4ccccc4C3(C)C)[nH]c2c1. The van der Waals surface area contributed by atoms with Crippen molar-refractivity contribution < 1.29 is 9.53 Å². The molecule has 2 aromatic carbocycles. The van der Waals surface area contributed by atoms with Crippen LogP contribution in [-0.4, -0.2) is 35.2 Å². The summed E-state index contributed by atoms with van der Waals surface area (Å²) in [6, 6.07) is 14.1. The van der Waals surface area contributed by atoms with Gasteiger partial charge < -0.3 is 14.6 Å². The van der Waals surface area contributed by atoms with Crippen molar-refractivity contribution in [2.24, 2.45) is 0 Å². The molecule has 0 amide bonds. The van der Waals surface area contributed by atoms with Crippen LogP contribution in [0.5, 0.6) is 5.75 Å². The molecule has 0 radical (unpaired) electrons. The summed E-state index contributed by atoms with van der Waals surface area (Å²) in [4.78, 5) is 22.7. The number of ketones is 1. The molecule has 4 rings (SSSR count). The lowest BCUT2D eigenvalue weighted by atomic mass is 9.83. The number of ether oxygens (including phenoxy) is 1. The Morgan fingerprint density at radius 1 is 1.28 bits per heavy atom. The van der Waals surface area contributed by atoms with Crippen LogP contribution in [0.4, 0.5) is 5.69 Å². The molecule has 6 heteroatoms. The van der Waals surface area contributed by atoms with E-state index < -0.39 is 0 Å². The third kappa shape index (κ3) is 3.65. The van der Waals surface area contributed by atoms with Crippen LogP contribution in [-0.2, 0) is 10.2 Å². The van der Waals surface area contributed by atoms with Crippen LogP contribution < -0.4 is 9.64 Å². The molecular weight excluding hydrogens is 382 g/mol. The number of aromatic nitrogens is 2. The number of rotatable bonds is 6. The van der Waals surface area contributed by atoms with E-state index >= 15 is 0 Å². The number of aromatic amines is 1. The Balaban J connectivity index is 1.48. The first kappa shape index (κ1) is 19.6. The Kier molecular flexibility index (Phi) is 5.13. The van der Waals surface area contributed by atoms with Gasteiger partial charge in [-0.05, 0) is 30.7 Å². The van der Waals surface area contributed by atoms with Gasteiger partial charge in [-0.25, -0.2) is 4.98 Å². The number of carbonyl (C=O) groups is 1.